The van der Waals surface area contributed by atoms with Crippen LogP contribution in [0.1, 0.15) is 35.4 Å². The molecule has 2 saturated heterocycles. The first kappa shape index (κ1) is 17.1. The molecule has 25 heavy (non-hydrogen) atoms. The minimum atomic E-state index is -0.0313. The highest BCUT2D eigenvalue weighted by Gasteiger charge is 2.43. The first-order valence-electron chi connectivity index (χ1n) is 8.98. The molecule has 2 atom stereocenters. The first-order valence-corrected chi connectivity index (χ1v) is 9.86. The molecule has 2 aliphatic heterocycles. The minimum Gasteiger partial charge on any atom is -0.371 e. The van der Waals surface area contributed by atoms with Crippen LogP contribution < -0.4 is 0 Å². The van der Waals surface area contributed by atoms with Crippen molar-refractivity contribution in [1.82, 2.24) is 14.9 Å². The molecule has 5 nitrogen and oxygen atoms in total. The van der Waals surface area contributed by atoms with Crippen LogP contribution in [0.15, 0.2) is 30.0 Å². The van der Waals surface area contributed by atoms with E-state index in [1.807, 2.05) is 17.8 Å². The molecule has 1 spiro atoms. The van der Waals surface area contributed by atoms with Crippen LogP contribution in [0.3, 0.4) is 0 Å². The largest absolute Gasteiger partial charge is 0.371 e. The lowest BCUT2D eigenvalue weighted by Crippen LogP contribution is -2.47. The van der Waals surface area contributed by atoms with Crippen molar-refractivity contribution in [3.63, 3.8) is 0 Å². The molecule has 134 valence electrons. The van der Waals surface area contributed by atoms with Gasteiger partial charge in [0.25, 0.3) is 0 Å². The average Bonchev–Trinajstić information content (AvgIpc) is 3.21. The summed E-state index contributed by atoms with van der Waals surface area (Å²) in [6, 6.07) is 4.00. The van der Waals surface area contributed by atoms with Crippen LogP contribution in [-0.4, -0.2) is 46.3 Å². The van der Waals surface area contributed by atoms with Gasteiger partial charge >= 0.3 is 0 Å². The molecule has 2 aromatic heterocycles. The molecule has 0 bridgehead atoms. The number of likely N-dealkylation sites (tertiary alicyclic amines) is 1. The van der Waals surface area contributed by atoms with Crippen LogP contribution in [0.25, 0.3) is 0 Å². The van der Waals surface area contributed by atoms with E-state index >= 15 is 0 Å². The van der Waals surface area contributed by atoms with Crippen LogP contribution in [0.2, 0.25) is 0 Å². The van der Waals surface area contributed by atoms with Crippen molar-refractivity contribution in [3.05, 3.63) is 46.2 Å². The van der Waals surface area contributed by atoms with E-state index in [0.717, 1.165) is 43.7 Å². The Kier molecular flexibility index (Phi) is 5.12. The van der Waals surface area contributed by atoms with Crippen molar-refractivity contribution >= 4 is 11.3 Å². The van der Waals surface area contributed by atoms with Gasteiger partial charge in [-0.3, -0.25) is 9.88 Å². The third-order valence-corrected chi connectivity index (χ3v) is 6.13. The van der Waals surface area contributed by atoms with Gasteiger partial charge in [-0.15, -0.1) is 11.3 Å². The minimum absolute atomic E-state index is 0.0313. The Balaban J connectivity index is 1.32. The Labute approximate surface area is 153 Å². The monoisotopic (exact) mass is 359 g/mol. The average molecular weight is 359 g/mol. The number of hydrogen-bond donors (Lipinski definition) is 0. The number of rotatable bonds is 5. The molecule has 0 aromatic carbocycles. The summed E-state index contributed by atoms with van der Waals surface area (Å²) in [6.45, 7) is 6.54. The summed E-state index contributed by atoms with van der Waals surface area (Å²) in [4.78, 5) is 12.4. The Bertz CT molecular complexity index is 693. The number of nitrogens with zero attached hydrogens (tertiary/aromatic N) is 3. The van der Waals surface area contributed by atoms with Gasteiger partial charge in [-0.05, 0) is 37.9 Å². The Hall–Kier alpha value is -1.34. The third kappa shape index (κ3) is 4.08. The van der Waals surface area contributed by atoms with E-state index in [1.54, 1.807) is 17.5 Å². The summed E-state index contributed by atoms with van der Waals surface area (Å²) in [5, 5.41) is 0. The van der Waals surface area contributed by atoms with E-state index in [4.69, 9.17) is 9.47 Å². The predicted molar refractivity (Wildman–Crippen MR) is 97.5 cm³/mol. The zero-order valence-electron chi connectivity index (χ0n) is 14.7. The maximum atomic E-state index is 6.27. The normalized spacial score (nSPS) is 27.2. The van der Waals surface area contributed by atoms with Gasteiger partial charge in [-0.25, -0.2) is 4.98 Å². The lowest BCUT2D eigenvalue weighted by Gasteiger charge is -2.39. The molecule has 4 rings (SSSR count). The zero-order valence-corrected chi connectivity index (χ0v) is 15.5. The van der Waals surface area contributed by atoms with Crippen LogP contribution in [0.4, 0.5) is 0 Å². The maximum Gasteiger partial charge on any atom is 0.0841 e. The van der Waals surface area contributed by atoms with Crippen molar-refractivity contribution < 1.29 is 9.47 Å². The van der Waals surface area contributed by atoms with Gasteiger partial charge in [0.1, 0.15) is 0 Å². The van der Waals surface area contributed by atoms with Crippen molar-refractivity contribution in [2.24, 2.45) is 0 Å². The van der Waals surface area contributed by atoms with Crippen molar-refractivity contribution in [3.8, 4) is 0 Å². The lowest BCUT2D eigenvalue weighted by atomic mass is 9.89. The number of pyridine rings is 1. The number of piperidine rings is 1. The fraction of sp³-hybridized carbons (Fsp3) is 0.579. The number of aryl methyl sites for hydroxylation is 1. The van der Waals surface area contributed by atoms with E-state index in [-0.39, 0.29) is 11.7 Å². The smallest absolute Gasteiger partial charge is 0.0841 e. The van der Waals surface area contributed by atoms with Crippen molar-refractivity contribution in [2.45, 2.75) is 51.0 Å². The van der Waals surface area contributed by atoms with Gasteiger partial charge < -0.3 is 9.47 Å². The fourth-order valence-corrected chi connectivity index (χ4v) is 4.72. The Morgan fingerprint density at radius 3 is 3.24 bits per heavy atom. The van der Waals surface area contributed by atoms with Crippen molar-refractivity contribution in [1.29, 1.82) is 0 Å². The number of ether oxygens (including phenoxy) is 2. The highest BCUT2D eigenvalue weighted by atomic mass is 32.1. The summed E-state index contributed by atoms with van der Waals surface area (Å²) in [7, 11) is 0. The highest BCUT2D eigenvalue weighted by molar-refractivity contribution is 7.09. The summed E-state index contributed by atoms with van der Waals surface area (Å²) in [6.07, 6.45) is 7.16. The summed E-state index contributed by atoms with van der Waals surface area (Å²) in [5.74, 6) is 0. The van der Waals surface area contributed by atoms with E-state index in [2.05, 4.69) is 27.9 Å². The standard InChI is InChI=1S/C19H25N3O2S/c1-15-18(25-14-21-15)10-22-7-3-5-19(13-22)8-17(12-24-19)23-11-16-4-2-6-20-9-16/h2,4,6,9,14,17H,3,5,7-8,10-13H2,1H3/t17-,19+/m1/s1. The van der Waals surface area contributed by atoms with E-state index in [0.29, 0.717) is 13.2 Å². The predicted octanol–water partition coefficient (Wildman–Crippen LogP) is 3.19. The van der Waals surface area contributed by atoms with Crippen LogP contribution in [0.5, 0.6) is 0 Å². The van der Waals surface area contributed by atoms with Gasteiger partial charge in [-0.2, -0.15) is 0 Å². The number of hydrogen-bond acceptors (Lipinski definition) is 6. The molecular weight excluding hydrogens is 334 g/mol. The molecule has 0 aliphatic carbocycles. The molecule has 0 amide bonds. The van der Waals surface area contributed by atoms with Gasteiger partial charge in [0, 0.05) is 36.8 Å². The van der Waals surface area contributed by atoms with Gasteiger partial charge in [-0.1, -0.05) is 6.07 Å². The molecule has 2 fully saturated rings. The highest BCUT2D eigenvalue weighted by Crippen LogP contribution is 2.36. The van der Waals surface area contributed by atoms with Gasteiger partial charge in [0.15, 0.2) is 0 Å². The van der Waals surface area contributed by atoms with Crippen LogP contribution in [0, 0.1) is 6.92 Å². The second kappa shape index (κ2) is 7.50. The SMILES string of the molecule is Cc1ncsc1CN1CCC[C@]2(C[C@@H](OCc3cccnc3)CO2)C1. The molecule has 2 aromatic rings. The summed E-state index contributed by atoms with van der Waals surface area (Å²) >= 11 is 1.76. The second-order valence-corrected chi connectivity index (χ2v) is 8.11. The molecule has 4 heterocycles. The Morgan fingerprint density at radius 2 is 2.44 bits per heavy atom. The fourth-order valence-electron chi connectivity index (χ4n) is 3.90. The van der Waals surface area contributed by atoms with E-state index in [9.17, 15) is 0 Å². The lowest BCUT2D eigenvalue weighted by molar-refractivity contribution is -0.0546. The quantitative estimate of drug-likeness (QED) is 0.820. The molecule has 0 N–H and O–H groups in total. The second-order valence-electron chi connectivity index (χ2n) is 7.17. The van der Waals surface area contributed by atoms with Gasteiger partial charge in [0.2, 0.25) is 0 Å². The van der Waals surface area contributed by atoms with E-state index < -0.39 is 0 Å². The molecule has 0 unspecified atom stereocenters. The molecule has 6 heteroatoms. The number of thiazole rings is 1. The summed E-state index contributed by atoms with van der Waals surface area (Å²) in [5.41, 5.74) is 4.19. The van der Waals surface area contributed by atoms with Gasteiger partial charge in [0.05, 0.1) is 36.1 Å². The molecule has 0 radical (unpaired) electrons. The number of aromatic nitrogens is 2. The zero-order chi connectivity index (χ0) is 17.1. The Morgan fingerprint density at radius 1 is 1.48 bits per heavy atom. The molecular formula is C19H25N3O2S. The van der Waals surface area contributed by atoms with Crippen LogP contribution >= 0.6 is 11.3 Å². The first-order chi connectivity index (χ1) is 12.2. The topological polar surface area (TPSA) is 47.5 Å². The summed E-state index contributed by atoms with van der Waals surface area (Å²) < 4.78 is 12.4. The third-order valence-electron chi connectivity index (χ3n) is 5.21. The van der Waals surface area contributed by atoms with Crippen LogP contribution in [-0.2, 0) is 22.6 Å². The maximum absolute atomic E-state index is 6.27. The molecule has 0 saturated carbocycles. The molecule has 2 aliphatic rings. The van der Waals surface area contributed by atoms with E-state index in [1.165, 1.54) is 11.3 Å². The van der Waals surface area contributed by atoms with Crippen molar-refractivity contribution in [2.75, 3.05) is 19.7 Å².